The van der Waals surface area contributed by atoms with E-state index in [9.17, 15) is 14.4 Å². The highest BCUT2D eigenvalue weighted by Gasteiger charge is 2.51. The van der Waals surface area contributed by atoms with Crippen LogP contribution in [-0.4, -0.2) is 47.3 Å². The monoisotopic (exact) mass is 488 g/mol. The molecule has 1 aliphatic rings. The number of esters is 1. The van der Waals surface area contributed by atoms with Crippen molar-refractivity contribution in [3.05, 3.63) is 77.7 Å². The van der Waals surface area contributed by atoms with Gasteiger partial charge in [-0.2, -0.15) is 0 Å². The zero-order valence-electron chi connectivity index (χ0n) is 19.7. The van der Waals surface area contributed by atoms with E-state index in [1.807, 2.05) is 53.1 Å². The van der Waals surface area contributed by atoms with Crippen LogP contribution < -0.4 is 15.4 Å². The standard InChI is InChI=1S/C26H24N4O6/c1-34-22-14-21(36-29-22)23(31)28-26(11-12-26)25(33)27-15-16-7-9-18(10-8-16)30-19-6-4-3-5-17(19)13-20(30)24(32)35-2/h3-10,13-14H,11-12,15H2,1-2H3,(H,27,33)(H,28,31). The van der Waals surface area contributed by atoms with Gasteiger partial charge in [0.1, 0.15) is 11.2 Å². The minimum atomic E-state index is -0.962. The van der Waals surface area contributed by atoms with Gasteiger partial charge in [0.2, 0.25) is 11.7 Å². The fourth-order valence-corrected chi connectivity index (χ4v) is 4.08. The number of hydrogen-bond acceptors (Lipinski definition) is 7. The van der Waals surface area contributed by atoms with E-state index in [1.165, 1.54) is 20.3 Å². The van der Waals surface area contributed by atoms with Crippen molar-refractivity contribution in [2.24, 2.45) is 0 Å². The molecule has 1 saturated carbocycles. The maximum Gasteiger partial charge on any atom is 0.355 e. The van der Waals surface area contributed by atoms with E-state index in [0.29, 0.717) is 18.5 Å². The van der Waals surface area contributed by atoms with Crippen molar-refractivity contribution in [2.45, 2.75) is 24.9 Å². The molecule has 10 nitrogen and oxygen atoms in total. The molecule has 2 aromatic heterocycles. The Morgan fingerprint density at radius 3 is 2.47 bits per heavy atom. The van der Waals surface area contributed by atoms with Crippen molar-refractivity contribution in [1.29, 1.82) is 0 Å². The molecule has 0 spiro atoms. The number of carbonyl (C=O) groups excluding carboxylic acids is 3. The average Bonchev–Trinajstić information content (AvgIpc) is 3.36. The summed E-state index contributed by atoms with van der Waals surface area (Å²) in [7, 11) is 2.77. The Labute approximate surface area is 206 Å². The number of hydrogen-bond donors (Lipinski definition) is 2. The Morgan fingerprint density at radius 2 is 1.81 bits per heavy atom. The van der Waals surface area contributed by atoms with Gasteiger partial charge in [0.25, 0.3) is 11.8 Å². The summed E-state index contributed by atoms with van der Waals surface area (Å²) in [6.45, 7) is 0.281. The first kappa shape index (κ1) is 23.2. The SMILES string of the molecule is COC(=O)c1cc2ccccc2n1-c1ccc(CNC(=O)C2(NC(=O)c3cc(OC)no3)CC2)cc1. The van der Waals surface area contributed by atoms with Crippen molar-refractivity contribution in [2.75, 3.05) is 14.2 Å². The van der Waals surface area contributed by atoms with Crippen LogP contribution in [0.1, 0.15) is 39.4 Å². The van der Waals surface area contributed by atoms with E-state index >= 15 is 0 Å². The summed E-state index contributed by atoms with van der Waals surface area (Å²) in [5.74, 6) is -1.06. The molecule has 184 valence electrons. The highest BCUT2D eigenvalue weighted by Crippen LogP contribution is 2.36. The van der Waals surface area contributed by atoms with E-state index in [-0.39, 0.29) is 24.1 Å². The minimum absolute atomic E-state index is 0.0228. The molecule has 1 fully saturated rings. The number of carbonyl (C=O) groups is 3. The Hall–Kier alpha value is -4.60. The van der Waals surface area contributed by atoms with Gasteiger partial charge in [-0.25, -0.2) is 4.79 Å². The molecule has 10 heteroatoms. The first-order valence-corrected chi connectivity index (χ1v) is 11.3. The number of aromatic nitrogens is 2. The van der Waals surface area contributed by atoms with Gasteiger partial charge in [-0.15, -0.1) is 0 Å². The third-order valence-electron chi connectivity index (χ3n) is 6.21. The molecule has 0 aliphatic heterocycles. The molecule has 2 aromatic carbocycles. The third-order valence-corrected chi connectivity index (χ3v) is 6.21. The fraction of sp³-hybridized carbons (Fsp3) is 0.231. The van der Waals surface area contributed by atoms with Crippen molar-refractivity contribution >= 4 is 28.7 Å². The van der Waals surface area contributed by atoms with Gasteiger partial charge in [0, 0.05) is 17.6 Å². The second-order valence-electron chi connectivity index (χ2n) is 8.53. The maximum atomic E-state index is 12.8. The van der Waals surface area contributed by atoms with Crippen molar-refractivity contribution in [1.82, 2.24) is 20.4 Å². The summed E-state index contributed by atoms with van der Waals surface area (Å²) in [6.07, 6.45) is 1.07. The van der Waals surface area contributed by atoms with Crippen LogP contribution in [0.15, 0.2) is 65.2 Å². The van der Waals surface area contributed by atoms with Gasteiger partial charge in [0.15, 0.2) is 0 Å². The van der Waals surface area contributed by atoms with Gasteiger partial charge in [-0.3, -0.25) is 9.59 Å². The Kier molecular flexibility index (Phi) is 5.93. The van der Waals surface area contributed by atoms with Crippen LogP contribution in [0.3, 0.4) is 0 Å². The number of para-hydroxylation sites is 1. The highest BCUT2D eigenvalue weighted by molar-refractivity contribution is 5.99. The molecule has 4 aromatic rings. The number of nitrogens with one attached hydrogen (secondary N) is 2. The molecule has 2 amide bonds. The molecule has 1 aliphatic carbocycles. The second kappa shape index (κ2) is 9.21. The summed E-state index contributed by atoms with van der Waals surface area (Å²) in [5.41, 5.74) is 2.01. The smallest absolute Gasteiger partial charge is 0.355 e. The quantitative estimate of drug-likeness (QED) is 0.365. The predicted molar refractivity (Wildman–Crippen MR) is 129 cm³/mol. The van der Waals surface area contributed by atoms with Gasteiger partial charge in [-0.1, -0.05) is 30.3 Å². The summed E-state index contributed by atoms with van der Waals surface area (Å²) >= 11 is 0. The molecule has 5 rings (SSSR count). The lowest BCUT2D eigenvalue weighted by molar-refractivity contribution is -0.124. The molecular weight excluding hydrogens is 464 g/mol. The number of amides is 2. The summed E-state index contributed by atoms with van der Waals surface area (Å²) in [5, 5.41) is 10.2. The highest BCUT2D eigenvalue weighted by atomic mass is 16.5. The lowest BCUT2D eigenvalue weighted by atomic mass is 10.1. The summed E-state index contributed by atoms with van der Waals surface area (Å²) < 4.78 is 16.7. The number of fused-ring (bicyclic) bond motifs is 1. The number of ether oxygens (including phenoxy) is 2. The fourth-order valence-electron chi connectivity index (χ4n) is 4.08. The van der Waals surface area contributed by atoms with Crippen molar-refractivity contribution < 1.29 is 28.4 Å². The first-order chi connectivity index (χ1) is 17.4. The minimum Gasteiger partial charge on any atom is -0.479 e. The molecule has 0 radical (unpaired) electrons. The van der Waals surface area contributed by atoms with Crippen molar-refractivity contribution in [3.63, 3.8) is 0 Å². The van der Waals surface area contributed by atoms with Crippen LogP contribution in [-0.2, 0) is 16.1 Å². The van der Waals surface area contributed by atoms with Crippen LogP contribution in [0.2, 0.25) is 0 Å². The second-order valence-corrected chi connectivity index (χ2v) is 8.53. The predicted octanol–water partition coefficient (Wildman–Crippen LogP) is 2.99. The number of methoxy groups -OCH3 is 2. The molecule has 2 N–H and O–H groups in total. The number of nitrogens with zero attached hydrogens (tertiary/aromatic N) is 2. The van der Waals surface area contributed by atoms with E-state index in [2.05, 4.69) is 15.8 Å². The molecular formula is C26H24N4O6. The lowest BCUT2D eigenvalue weighted by Crippen LogP contribution is -2.48. The topological polar surface area (TPSA) is 125 Å². The zero-order chi connectivity index (χ0) is 25.3. The van der Waals surface area contributed by atoms with Crippen LogP contribution in [0.4, 0.5) is 0 Å². The maximum absolute atomic E-state index is 12.8. The first-order valence-electron chi connectivity index (χ1n) is 11.3. The normalized spacial score (nSPS) is 13.7. The van der Waals surface area contributed by atoms with E-state index in [0.717, 1.165) is 22.2 Å². The largest absolute Gasteiger partial charge is 0.479 e. The molecule has 2 heterocycles. The number of benzene rings is 2. The van der Waals surface area contributed by atoms with Crippen LogP contribution in [0, 0.1) is 0 Å². The van der Waals surface area contributed by atoms with Gasteiger partial charge in [-0.05, 0) is 47.8 Å². The van der Waals surface area contributed by atoms with Gasteiger partial charge < -0.3 is 29.2 Å². The Bertz CT molecular complexity index is 1450. The van der Waals surface area contributed by atoms with Crippen LogP contribution in [0.25, 0.3) is 16.6 Å². The van der Waals surface area contributed by atoms with E-state index < -0.39 is 17.4 Å². The molecule has 0 saturated heterocycles. The molecule has 0 unspecified atom stereocenters. The molecule has 36 heavy (non-hydrogen) atoms. The Morgan fingerprint density at radius 1 is 1.06 bits per heavy atom. The Balaban J connectivity index is 1.27. The van der Waals surface area contributed by atoms with Crippen molar-refractivity contribution in [3.8, 4) is 11.6 Å². The summed E-state index contributed by atoms with van der Waals surface area (Å²) in [4.78, 5) is 37.6. The molecule has 0 bridgehead atoms. The van der Waals surface area contributed by atoms with E-state index in [1.54, 1.807) is 6.07 Å². The van der Waals surface area contributed by atoms with Crippen LogP contribution in [0.5, 0.6) is 5.88 Å². The average molecular weight is 489 g/mol. The third kappa shape index (κ3) is 4.28. The zero-order valence-corrected chi connectivity index (χ0v) is 19.7. The summed E-state index contributed by atoms with van der Waals surface area (Å²) in [6, 6.07) is 18.4. The van der Waals surface area contributed by atoms with E-state index in [4.69, 9.17) is 14.0 Å². The van der Waals surface area contributed by atoms with Gasteiger partial charge >= 0.3 is 5.97 Å². The molecule has 0 atom stereocenters. The van der Waals surface area contributed by atoms with Crippen LogP contribution >= 0.6 is 0 Å². The van der Waals surface area contributed by atoms with Gasteiger partial charge in [0.05, 0.1) is 25.8 Å². The number of rotatable bonds is 8. The lowest BCUT2D eigenvalue weighted by Gasteiger charge is -2.16.